The summed E-state index contributed by atoms with van der Waals surface area (Å²) in [5, 5.41) is 5.30. The van der Waals surface area contributed by atoms with E-state index >= 15 is 0 Å². The molecule has 1 heterocycles. The molecule has 0 aliphatic carbocycles. The number of primary amides is 1. The summed E-state index contributed by atoms with van der Waals surface area (Å²) in [5.41, 5.74) is 12.8. The van der Waals surface area contributed by atoms with Gasteiger partial charge in [0, 0.05) is 12.2 Å². The molecule has 8 heteroatoms. The van der Waals surface area contributed by atoms with E-state index in [0.29, 0.717) is 12.2 Å². The average molecular weight is 375 g/mol. The van der Waals surface area contributed by atoms with Crippen LogP contribution in [-0.4, -0.2) is 47.8 Å². The van der Waals surface area contributed by atoms with E-state index in [4.69, 9.17) is 11.5 Å². The molecular formula is C19H29N5O3. The number of nitrogens with zero attached hydrogens (tertiary/aromatic N) is 1. The minimum absolute atomic E-state index is 0.000409. The lowest BCUT2D eigenvalue weighted by atomic mass is 10.1. The fraction of sp³-hybridized carbons (Fsp3) is 0.526. The lowest BCUT2D eigenvalue weighted by molar-refractivity contribution is -0.125. The molecule has 1 aliphatic rings. The van der Waals surface area contributed by atoms with Crippen molar-refractivity contribution in [3.63, 3.8) is 0 Å². The van der Waals surface area contributed by atoms with Crippen LogP contribution >= 0.6 is 0 Å². The van der Waals surface area contributed by atoms with Crippen LogP contribution in [0, 0.1) is 5.92 Å². The second-order valence-electron chi connectivity index (χ2n) is 7.27. The zero-order chi connectivity index (χ0) is 20.0. The van der Waals surface area contributed by atoms with Crippen molar-refractivity contribution in [2.45, 2.75) is 45.3 Å². The van der Waals surface area contributed by atoms with Crippen LogP contribution in [0.1, 0.15) is 32.3 Å². The van der Waals surface area contributed by atoms with Gasteiger partial charge in [0.25, 0.3) is 0 Å². The number of amides is 3. The van der Waals surface area contributed by atoms with Crippen LogP contribution in [0.4, 0.5) is 5.69 Å². The minimum Gasteiger partial charge on any atom is -0.368 e. The van der Waals surface area contributed by atoms with Crippen LogP contribution in [-0.2, 0) is 20.9 Å². The summed E-state index contributed by atoms with van der Waals surface area (Å²) in [5.74, 6) is -0.972. The van der Waals surface area contributed by atoms with E-state index in [1.165, 1.54) is 0 Å². The number of benzene rings is 1. The van der Waals surface area contributed by atoms with Gasteiger partial charge in [0.05, 0.1) is 18.6 Å². The van der Waals surface area contributed by atoms with E-state index in [1.54, 1.807) is 6.07 Å². The molecule has 0 radical (unpaired) electrons. The Hall–Kier alpha value is -2.45. The van der Waals surface area contributed by atoms with Crippen molar-refractivity contribution in [3.05, 3.63) is 29.8 Å². The second kappa shape index (κ2) is 9.48. The minimum atomic E-state index is -0.639. The number of nitrogens with two attached hydrogens (primary N) is 2. The Morgan fingerprint density at radius 2 is 2.04 bits per heavy atom. The van der Waals surface area contributed by atoms with Gasteiger partial charge in [-0.3, -0.25) is 19.3 Å². The summed E-state index contributed by atoms with van der Waals surface area (Å²) < 4.78 is 0. The van der Waals surface area contributed by atoms with Gasteiger partial charge in [0.15, 0.2) is 0 Å². The maximum absolute atomic E-state index is 12.1. The summed E-state index contributed by atoms with van der Waals surface area (Å²) in [7, 11) is 0. The molecule has 1 aromatic rings. The fourth-order valence-corrected chi connectivity index (χ4v) is 3.11. The number of carbonyl (C=O) groups excluding carboxylic acids is 3. The number of rotatable bonds is 8. The van der Waals surface area contributed by atoms with Gasteiger partial charge >= 0.3 is 0 Å². The molecule has 8 nitrogen and oxygen atoms in total. The largest absolute Gasteiger partial charge is 0.368 e. The number of hydrogen-bond acceptors (Lipinski definition) is 5. The standard InChI is InChI=1S/C19H29N5O3/c1-12(2)17(20)19(27)22-10-16(25)23-14-6-3-5-13(9-14)11-24-8-4-7-15(24)18(21)26/h3,5-6,9,12,15,17H,4,7-8,10-11,20H2,1-2H3,(H2,21,26)(H,22,27)(H,23,25)/t15?,17-/m0/s1. The third kappa shape index (κ3) is 6.04. The smallest absolute Gasteiger partial charge is 0.243 e. The summed E-state index contributed by atoms with van der Waals surface area (Å²) in [6.45, 7) is 4.97. The highest BCUT2D eigenvalue weighted by atomic mass is 16.2. The van der Waals surface area contributed by atoms with E-state index in [2.05, 4.69) is 15.5 Å². The van der Waals surface area contributed by atoms with Crippen molar-refractivity contribution in [2.75, 3.05) is 18.4 Å². The highest BCUT2D eigenvalue weighted by Gasteiger charge is 2.28. The zero-order valence-corrected chi connectivity index (χ0v) is 15.9. The second-order valence-corrected chi connectivity index (χ2v) is 7.27. The first kappa shape index (κ1) is 20.9. The molecule has 1 fully saturated rings. The highest BCUT2D eigenvalue weighted by molar-refractivity contribution is 5.95. The van der Waals surface area contributed by atoms with Crippen molar-refractivity contribution in [1.82, 2.24) is 10.2 Å². The Morgan fingerprint density at radius 1 is 1.30 bits per heavy atom. The molecule has 0 bridgehead atoms. The van der Waals surface area contributed by atoms with Gasteiger partial charge in [-0.05, 0) is 43.0 Å². The molecule has 6 N–H and O–H groups in total. The Kier molecular flexibility index (Phi) is 7.32. The molecule has 148 valence electrons. The van der Waals surface area contributed by atoms with Crippen LogP contribution < -0.4 is 22.1 Å². The summed E-state index contributed by atoms with van der Waals surface area (Å²) in [6, 6.07) is 6.54. The molecule has 0 saturated carbocycles. The lowest BCUT2D eigenvalue weighted by Gasteiger charge is -2.22. The molecule has 0 spiro atoms. The Labute approximate surface area is 159 Å². The normalized spacial score (nSPS) is 18.3. The van der Waals surface area contributed by atoms with E-state index in [9.17, 15) is 14.4 Å². The first-order chi connectivity index (χ1) is 12.8. The monoisotopic (exact) mass is 375 g/mol. The van der Waals surface area contributed by atoms with Crippen molar-refractivity contribution in [3.8, 4) is 0 Å². The summed E-state index contributed by atoms with van der Waals surface area (Å²) in [6.07, 6.45) is 1.73. The Bertz CT molecular complexity index is 692. The van der Waals surface area contributed by atoms with Gasteiger partial charge in [-0.15, -0.1) is 0 Å². The predicted molar refractivity (Wildman–Crippen MR) is 104 cm³/mol. The Balaban J connectivity index is 1.88. The molecule has 1 unspecified atom stereocenters. The number of likely N-dealkylation sites (tertiary alicyclic amines) is 1. The van der Waals surface area contributed by atoms with Gasteiger partial charge in [-0.1, -0.05) is 26.0 Å². The van der Waals surface area contributed by atoms with Crippen molar-refractivity contribution < 1.29 is 14.4 Å². The SMILES string of the molecule is CC(C)[C@H](N)C(=O)NCC(=O)Nc1cccc(CN2CCCC2C(N)=O)c1. The lowest BCUT2D eigenvalue weighted by Crippen LogP contribution is -2.46. The van der Waals surface area contributed by atoms with Gasteiger partial charge in [-0.25, -0.2) is 0 Å². The first-order valence-corrected chi connectivity index (χ1v) is 9.23. The quantitative estimate of drug-likeness (QED) is 0.515. The molecule has 0 aromatic heterocycles. The van der Waals surface area contributed by atoms with Gasteiger partial charge in [0.2, 0.25) is 17.7 Å². The van der Waals surface area contributed by atoms with E-state index in [-0.39, 0.29) is 36.2 Å². The van der Waals surface area contributed by atoms with Gasteiger partial charge in [0.1, 0.15) is 0 Å². The van der Waals surface area contributed by atoms with Crippen LogP contribution in [0.3, 0.4) is 0 Å². The molecule has 2 atom stereocenters. The molecule has 1 saturated heterocycles. The molecule has 27 heavy (non-hydrogen) atoms. The molecule has 1 aliphatic heterocycles. The van der Waals surface area contributed by atoms with Crippen LogP contribution in [0.2, 0.25) is 0 Å². The first-order valence-electron chi connectivity index (χ1n) is 9.23. The van der Waals surface area contributed by atoms with Crippen LogP contribution in [0.15, 0.2) is 24.3 Å². The predicted octanol–water partition coefficient (Wildman–Crippen LogP) is 0.174. The molecule has 1 aromatic carbocycles. The third-order valence-corrected chi connectivity index (χ3v) is 4.73. The van der Waals surface area contributed by atoms with Gasteiger partial charge in [-0.2, -0.15) is 0 Å². The average Bonchev–Trinajstić information content (AvgIpc) is 3.07. The van der Waals surface area contributed by atoms with Crippen molar-refractivity contribution in [1.29, 1.82) is 0 Å². The maximum atomic E-state index is 12.1. The fourth-order valence-electron chi connectivity index (χ4n) is 3.11. The molecule has 2 rings (SSSR count). The zero-order valence-electron chi connectivity index (χ0n) is 15.9. The number of nitrogens with one attached hydrogen (secondary N) is 2. The topological polar surface area (TPSA) is 131 Å². The Morgan fingerprint density at radius 3 is 2.70 bits per heavy atom. The highest BCUT2D eigenvalue weighted by Crippen LogP contribution is 2.21. The van der Waals surface area contributed by atoms with E-state index in [1.807, 2.05) is 32.0 Å². The summed E-state index contributed by atoms with van der Waals surface area (Å²) >= 11 is 0. The van der Waals surface area contributed by atoms with E-state index < -0.39 is 6.04 Å². The molecular weight excluding hydrogens is 346 g/mol. The van der Waals surface area contributed by atoms with E-state index in [0.717, 1.165) is 24.9 Å². The number of anilines is 1. The van der Waals surface area contributed by atoms with Crippen molar-refractivity contribution >= 4 is 23.4 Å². The number of hydrogen-bond donors (Lipinski definition) is 4. The number of carbonyl (C=O) groups is 3. The summed E-state index contributed by atoms with van der Waals surface area (Å²) in [4.78, 5) is 37.4. The van der Waals surface area contributed by atoms with Crippen LogP contribution in [0.5, 0.6) is 0 Å². The van der Waals surface area contributed by atoms with Crippen LogP contribution in [0.25, 0.3) is 0 Å². The molecule has 3 amide bonds. The van der Waals surface area contributed by atoms with Crippen molar-refractivity contribution in [2.24, 2.45) is 17.4 Å². The van der Waals surface area contributed by atoms with Gasteiger partial charge < -0.3 is 22.1 Å². The maximum Gasteiger partial charge on any atom is 0.243 e. The third-order valence-electron chi connectivity index (χ3n) is 4.73.